The first-order chi connectivity index (χ1) is 15.0. The summed E-state index contributed by atoms with van der Waals surface area (Å²) in [5.74, 6) is 0.158. The number of methoxy groups -OCH3 is 1. The predicted octanol–water partition coefficient (Wildman–Crippen LogP) is 3.78. The lowest BCUT2D eigenvalue weighted by Crippen LogP contribution is -2.24. The summed E-state index contributed by atoms with van der Waals surface area (Å²) in [7, 11) is -2.32. The molecule has 31 heavy (non-hydrogen) atoms. The summed E-state index contributed by atoms with van der Waals surface area (Å²) in [5, 5.41) is 0. The molecule has 0 fully saturated rings. The van der Waals surface area contributed by atoms with Crippen LogP contribution in [0.5, 0.6) is 5.75 Å². The standard InChI is InChI=1S/C24H21NO5S/c1-29-24(26)17-11-12-23-22(15-17)21(20-10-6-5-7-18(20)16-30-23)13-14-25-31(27,28)19-8-3-2-4-9-19/h2-13,15,25H,14,16H2,1H3. The van der Waals surface area contributed by atoms with Gasteiger partial charge in [0.15, 0.2) is 0 Å². The van der Waals surface area contributed by atoms with E-state index in [1.54, 1.807) is 54.6 Å². The van der Waals surface area contributed by atoms with Gasteiger partial charge in [-0.3, -0.25) is 0 Å². The Labute approximate surface area is 181 Å². The molecule has 1 N–H and O–H groups in total. The van der Waals surface area contributed by atoms with Crippen molar-refractivity contribution in [1.82, 2.24) is 4.72 Å². The van der Waals surface area contributed by atoms with Gasteiger partial charge in [-0.15, -0.1) is 0 Å². The second-order valence-electron chi connectivity index (χ2n) is 6.93. The summed E-state index contributed by atoms with van der Waals surface area (Å²) in [5.41, 5.74) is 3.76. The summed E-state index contributed by atoms with van der Waals surface area (Å²) in [6, 6.07) is 21.0. The Kier molecular flexibility index (Phi) is 5.88. The Hall–Kier alpha value is -3.42. The number of sulfonamides is 1. The number of ether oxygens (including phenoxy) is 2. The number of hydrogen-bond acceptors (Lipinski definition) is 5. The second-order valence-corrected chi connectivity index (χ2v) is 8.70. The third-order valence-electron chi connectivity index (χ3n) is 5.01. The molecule has 4 rings (SSSR count). The van der Waals surface area contributed by atoms with Gasteiger partial charge in [-0.2, -0.15) is 0 Å². The monoisotopic (exact) mass is 435 g/mol. The maximum Gasteiger partial charge on any atom is 0.337 e. The van der Waals surface area contributed by atoms with Crippen molar-refractivity contribution in [2.24, 2.45) is 0 Å². The van der Waals surface area contributed by atoms with Crippen molar-refractivity contribution >= 4 is 21.6 Å². The van der Waals surface area contributed by atoms with Crippen molar-refractivity contribution < 1.29 is 22.7 Å². The zero-order chi connectivity index (χ0) is 21.8. The number of carbonyl (C=O) groups excluding carboxylic acids is 1. The van der Waals surface area contributed by atoms with E-state index in [-0.39, 0.29) is 11.4 Å². The molecule has 0 unspecified atom stereocenters. The van der Waals surface area contributed by atoms with Crippen LogP contribution in [0.3, 0.4) is 0 Å². The molecule has 1 aliphatic heterocycles. The summed E-state index contributed by atoms with van der Waals surface area (Å²) in [6.07, 6.45) is 1.80. The summed E-state index contributed by atoms with van der Waals surface area (Å²) < 4.78 is 38.6. The number of carbonyl (C=O) groups is 1. The fourth-order valence-corrected chi connectivity index (χ4v) is 4.46. The van der Waals surface area contributed by atoms with E-state index in [1.807, 2.05) is 24.3 Å². The van der Waals surface area contributed by atoms with Gasteiger partial charge < -0.3 is 9.47 Å². The molecule has 0 saturated carbocycles. The van der Waals surface area contributed by atoms with Gasteiger partial charge >= 0.3 is 5.97 Å². The van der Waals surface area contributed by atoms with Crippen molar-refractivity contribution in [2.45, 2.75) is 11.5 Å². The van der Waals surface area contributed by atoms with Crippen LogP contribution in [-0.2, 0) is 21.4 Å². The molecule has 7 heteroatoms. The van der Waals surface area contributed by atoms with Crippen molar-refractivity contribution in [3.63, 3.8) is 0 Å². The van der Waals surface area contributed by atoms with E-state index >= 15 is 0 Å². The SMILES string of the molecule is COC(=O)c1ccc2c(c1)C(=CCNS(=O)(=O)c1ccccc1)c1ccccc1CO2. The van der Waals surface area contributed by atoms with E-state index in [1.165, 1.54) is 7.11 Å². The third-order valence-corrected chi connectivity index (χ3v) is 6.45. The van der Waals surface area contributed by atoms with E-state index in [4.69, 9.17) is 9.47 Å². The van der Waals surface area contributed by atoms with Gasteiger partial charge in [0, 0.05) is 12.1 Å². The van der Waals surface area contributed by atoms with Crippen LogP contribution in [0.4, 0.5) is 0 Å². The smallest absolute Gasteiger partial charge is 0.337 e. The van der Waals surface area contributed by atoms with Crippen LogP contribution in [0.2, 0.25) is 0 Å². The fraction of sp³-hybridized carbons (Fsp3) is 0.125. The average molecular weight is 436 g/mol. The highest BCUT2D eigenvalue weighted by atomic mass is 32.2. The molecule has 6 nitrogen and oxygen atoms in total. The Bertz CT molecular complexity index is 1250. The first-order valence-corrected chi connectivity index (χ1v) is 11.2. The normalized spacial score (nSPS) is 14.2. The van der Waals surface area contributed by atoms with Crippen LogP contribution in [0, 0.1) is 0 Å². The molecule has 0 saturated heterocycles. The average Bonchev–Trinajstić information content (AvgIpc) is 2.96. The van der Waals surface area contributed by atoms with Crippen LogP contribution in [0.1, 0.15) is 27.0 Å². The number of fused-ring (bicyclic) bond motifs is 2. The van der Waals surface area contributed by atoms with E-state index in [0.717, 1.165) is 16.7 Å². The molecule has 158 valence electrons. The van der Waals surface area contributed by atoms with E-state index in [2.05, 4.69) is 4.72 Å². The lowest BCUT2D eigenvalue weighted by Gasteiger charge is -2.12. The first kappa shape index (κ1) is 20.8. The van der Waals surface area contributed by atoms with E-state index in [0.29, 0.717) is 23.5 Å². The van der Waals surface area contributed by atoms with Gasteiger partial charge in [0.05, 0.1) is 17.6 Å². The number of benzene rings is 3. The largest absolute Gasteiger partial charge is 0.488 e. The van der Waals surface area contributed by atoms with Crippen molar-refractivity contribution in [3.05, 3.63) is 101 Å². The first-order valence-electron chi connectivity index (χ1n) is 9.68. The Morgan fingerprint density at radius 3 is 2.55 bits per heavy atom. The van der Waals surface area contributed by atoms with Crippen molar-refractivity contribution in [1.29, 1.82) is 0 Å². The highest BCUT2D eigenvalue weighted by molar-refractivity contribution is 7.89. The maximum absolute atomic E-state index is 12.6. The minimum Gasteiger partial charge on any atom is -0.488 e. The molecule has 0 aliphatic carbocycles. The zero-order valence-corrected chi connectivity index (χ0v) is 17.7. The summed E-state index contributed by atoms with van der Waals surface area (Å²) in [4.78, 5) is 12.3. The maximum atomic E-state index is 12.6. The molecular weight excluding hydrogens is 414 g/mol. The minimum absolute atomic E-state index is 0.0722. The summed E-state index contributed by atoms with van der Waals surface area (Å²) >= 11 is 0. The second kappa shape index (κ2) is 8.75. The predicted molar refractivity (Wildman–Crippen MR) is 117 cm³/mol. The molecular formula is C24H21NO5S. The lowest BCUT2D eigenvalue weighted by atomic mass is 9.93. The Morgan fingerprint density at radius 1 is 1.03 bits per heavy atom. The van der Waals surface area contributed by atoms with Crippen LogP contribution in [0.15, 0.2) is 83.8 Å². The minimum atomic E-state index is -3.65. The number of hydrogen-bond donors (Lipinski definition) is 1. The van der Waals surface area contributed by atoms with Gasteiger partial charge in [-0.25, -0.2) is 17.9 Å². The van der Waals surface area contributed by atoms with Gasteiger partial charge in [-0.05, 0) is 47.0 Å². The highest BCUT2D eigenvalue weighted by Crippen LogP contribution is 2.37. The molecule has 0 amide bonds. The van der Waals surface area contributed by atoms with Crippen LogP contribution < -0.4 is 9.46 Å². The van der Waals surface area contributed by atoms with Crippen LogP contribution in [0.25, 0.3) is 5.57 Å². The Morgan fingerprint density at radius 2 is 1.77 bits per heavy atom. The third kappa shape index (κ3) is 4.38. The van der Waals surface area contributed by atoms with Gasteiger partial charge in [0.25, 0.3) is 0 Å². The molecule has 0 bridgehead atoms. The van der Waals surface area contributed by atoms with Gasteiger partial charge in [0.2, 0.25) is 10.0 Å². The molecule has 0 radical (unpaired) electrons. The molecule has 1 heterocycles. The molecule has 1 aliphatic rings. The van der Waals surface area contributed by atoms with E-state index < -0.39 is 16.0 Å². The van der Waals surface area contributed by atoms with Crippen molar-refractivity contribution in [2.75, 3.05) is 13.7 Å². The van der Waals surface area contributed by atoms with E-state index in [9.17, 15) is 13.2 Å². The quantitative estimate of drug-likeness (QED) is 0.617. The Balaban J connectivity index is 1.74. The van der Waals surface area contributed by atoms with Crippen LogP contribution in [-0.4, -0.2) is 28.0 Å². The number of rotatable bonds is 5. The zero-order valence-electron chi connectivity index (χ0n) is 16.9. The molecule has 3 aromatic carbocycles. The fourth-order valence-electron chi connectivity index (χ4n) is 3.48. The van der Waals surface area contributed by atoms with Gasteiger partial charge in [-0.1, -0.05) is 48.5 Å². The molecule has 0 aromatic heterocycles. The lowest BCUT2D eigenvalue weighted by molar-refractivity contribution is 0.0600. The van der Waals surface area contributed by atoms with Gasteiger partial charge in [0.1, 0.15) is 12.4 Å². The van der Waals surface area contributed by atoms with Crippen molar-refractivity contribution in [3.8, 4) is 5.75 Å². The number of nitrogens with one attached hydrogen (secondary N) is 1. The van der Waals surface area contributed by atoms with Crippen LogP contribution >= 0.6 is 0 Å². The molecule has 0 spiro atoms. The number of esters is 1. The summed E-state index contributed by atoms with van der Waals surface area (Å²) in [6.45, 7) is 0.441. The highest BCUT2D eigenvalue weighted by Gasteiger charge is 2.21. The molecule has 3 aromatic rings. The molecule has 0 atom stereocenters. The topological polar surface area (TPSA) is 81.7 Å².